The van der Waals surface area contributed by atoms with Crippen molar-refractivity contribution in [2.24, 2.45) is 5.92 Å². The summed E-state index contributed by atoms with van der Waals surface area (Å²) in [5.74, 6) is 0.699. The summed E-state index contributed by atoms with van der Waals surface area (Å²) in [4.78, 5) is 8.17. The van der Waals surface area contributed by atoms with Gasteiger partial charge in [-0.25, -0.2) is 4.98 Å². The van der Waals surface area contributed by atoms with Gasteiger partial charge < -0.3 is 10.2 Å². The third-order valence-corrected chi connectivity index (χ3v) is 4.27. The number of aromatic nitrogens is 1. The maximum absolute atomic E-state index is 4.54. The molecular weight excluding hydrogens is 242 g/mol. The molecule has 0 unspecified atom stereocenters. The zero-order chi connectivity index (χ0) is 13.5. The first kappa shape index (κ1) is 15.4. The standard InChI is InChI=1S/C14H27N3S/c1-6-12(7-2)17(5)14-16-10-13(18-14)9-15-8-11(3)4/h10-12,15H,6-9H2,1-5H3. The van der Waals surface area contributed by atoms with Gasteiger partial charge in [-0.2, -0.15) is 0 Å². The number of hydrogen-bond donors (Lipinski definition) is 1. The topological polar surface area (TPSA) is 28.2 Å². The average Bonchev–Trinajstić information content (AvgIpc) is 2.78. The van der Waals surface area contributed by atoms with Crippen LogP contribution in [0.15, 0.2) is 6.20 Å². The lowest BCUT2D eigenvalue weighted by molar-refractivity contribution is 0.554. The smallest absolute Gasteiger partial charge is 0.185 e. The first-order valence-electron chi connectivity index (χ1n) is 6.96. The van der Waals surface area contributed by atoms with Crippen molar-refractivity contribution in [2.75, 3.05) is 18.5 Å². The van der Waals surface area contributed by atoms with E-state index in [4.69, 9.17) is 0 Å². The lowest BCUT2D eigenvalue weighted by atomic mass is 10.1. The van der Waals surface area contributed by atoms with Crippen LogP contribution in [0.5, 0.6) is 0 Å². The van der Waals surface area contributed by atoms with Crippen molar-refractivity contribution < 1.29 is 0 Å². The first-order chi connectivity index (χ1) is 8.58. The van der Waals surface area contributed by atoms with Gasteiger partial charge in [-0.05, 0) is 25.3 Å². The molecule has 1 aromatic heterocycles. The molecular formula is C14H27N3S. The summed E-state index contributed by atoms with van der Waals surface area (Å²) >= 11 is 1.80. The van der Waals surface area contributed by atoms with E-state index in [1.165, 1.54) is 17.7 Å². The molecule has 0 amide bonds. The van der Waals surface area contributed by atoms with Gasteiger partial charge in [0.2, 0.25) is 0 Å². The summed E-state index contributed by atoms with van der Waals surface area (Å²) in [6, 6.07) is 0.604. The molecule has 0 aromatic carbocycles. The largest absolute Gasteiger partial charge is 0.348 e. The van der Waals surface area contributed by atoms with Gasteiger partial charge in [0.05, 0.1) is 0 Å². The fraction of sp³-hybridized carbons (Fsp3) is 0.786. The van der Waals surface area contributed by atoms with Gasteiger partial charge in [-0.3, -0.25) is 0 Å². The Labute approximate surface area is 116 Å². The second kappa shape index (κ2) is 7.74. The Morgan fingerprint density at radius 2 is 2.00 bits per heavy atom. The summed E-state index contributed by atoms with van der Waals surface area (Å²) in [5.41, 5.74) is 0. The lowest BCUT2D eigenvalue weighted by Crippen LogP contribution is -2.30. The van der Waals surface area contributed by atoms with Gasteiger partial charge in [0.25, 0.3) is 0 Å². The molecule has 0 aliphatic heterocycles. The predicted molar refractivity (Wildman–Crippen MR) is 81.4 cm³/mol. The minimum absolute atomic E-state index is 0.604. The SMILES string of the molecule is CCC(CC)N(C)c1ncc(CNCC(C)C)s1. The van der Waals surface area contributed by atoms with Crippen LogP contribution in [0.25, 0.3) is 0 Å². The molecule has 0 aliphatic rings. The zero-order valence-corrected chi connectivity index (χ0v) is 13.2. The van der Waals surface area contributed by atoms with E-state index >= 15 is 0 Å². The molecule has 0 atom stereocenters. The van der Waals surface area contributed by atoms with E-state index in [9.17, 15) is 0 Å². The number of hydrogen-bond acceptors (Lipinski definition) is 4. The molecule has 18 heavy (non-hydrogen) atoms. The normalized spacial score (nSPS) is 11.5. The summed E-state index contributed by atoms with van der Waals surface area (Å²) < 4.78 is 0. The van der Waals surface area contributed by atoms with E-state index in [-0.39, 0.29) is 0 Å². The lowest BCUT2D eigenvalue weighted by Gasteiger charge is -2.25. The molecule has 1 aromatic rings. The van der Waals surface area contributed by atoms with Crippen molar-refractivity contribution in [1.82, 2.24) is 10.3 Å². The molecule has 0 saturated carbocycles. The van der Waals surface area contributed by atoms with Crippen molar-refractivity contribution in [1.29, 1.82) is 0 Å². The molecule has 0 aliphatic carbocycles. The van der Waals surface area contributed by atoms with Crippen molar-refractivity contribution >= 4 is 16.5 Å². The van der Waals surface area contributed by atoms with Crippen LogP contribution in [0.2, 0.25) is 0 Å². The third kappa shape index (κ3) is 4.58. The van der Waals surface area contributed by atoms with Crippen molar-refractivity contribution in [3.8, 4) is 0 Å². The number of nitrogens with zero attached hydrogens (tertiary/aromatic N) is 2. The summed E-state index contributed by atoms with van der Waals surface area (Å²) in [5, 5.41) is 4.61. The van der Waals surface area contributed by atoms with E-state index in [2.05, 4.69) is 49.9 Å². The van der Waals surface area contributed by atoms with E-state index in [0.717, 1.165) is 18.2 Å². The Balaban J connectivity index is 2.51. The van der Waals surface area contributed by atoms with E-state index in [1.807, 2.05) is 6.20 Å². The van der Waals surface area contributed by atoms with Crippen LogP contribution < -0.4 is 10.2 Å². The van der Waals surface area contributed by atoms with Gasteiger partial charge in [0.1, 0.15) is 0 Å². The first-order valence-corrected chi connectivity index (χ1v) is 7.78. The maximum atomic E-state index is 4.54. The molecule has 0 saturated heterocycles. The van der Waals surface area contributed by atoms with Gasteiger partial charge in [0, 0.05) is 30.7 Å². The fourth-order valence-corrected chi connectivity index (χ4v) is 2.93. The molecule has 3 nitrogen and oxygen atoms in total. The van der Waals surface area contributed by atoms with Crippen LogP contribution in [0.1, 0.15) is 45.4 Å². The van der Waals surface area contributed by atoms with E-state index in [0.29, 0.717) is 12.0 Å². The minimum Gasteiger partial charge on any atom is -0.348 e. The highest BCUT2D eigenvalue weighted by Crippen LogP contribution is 2.24. The van der Waals surface area contributed by atoms with Crippen LogP contribution in [-0.2, 0) is 6.54 Å². The van der Waals surface area contributed by atoms with Crippen LogP contribution in [-0.4, -0.2) is 24.6 Å². The molecule has 1 rings (SSSR count). The molecule has 1 heterocycles. The van der Waals surface area contributed by atoms with Crippen molar-refractivity contribution in [2.45, 2.75) is 53.1 Å². The highest BCUT2D eigenvalue weighted by Gasteiger charge is 2.14. The quantitative estimate of drug-likeness (QED) is 0.783. The third-order valence-electron chi connectivity index (χ3n) is 3.19. The molecule has 4 heteroatoms. The monoisotopic (exact) mass is 269 g/mol. The zero-order valence-electron chi connectivity index (χ0n) is 12.4. The molecule has 0 bridgehead atoms. The van der Waals surface area contributed by atoms with Crippen LogP contribution >= 0.6 is 11.3 Å². The van der Waals surface area contributed by atoms with Crippen molar-refractivity contribution in [3.05, 3.63) is 11.1 Å². The number of nitrogens with one attached hydrogen (secondary N) is 1. The van der Waals surface area contributed by atoms with Crippen LogP contribution in [0.4, 0.5) is 5.13 Å². The molecule has 0 fully saturated rings. The second-order valence-electron chi connectivity index (χ2n) is 5.22. The maximum Gasteiger partial charge on any atom is 0.185 e. The highest BCUT2D eigenvalue weighted by atomic mass is 32.1. The predicted octanol–water partition coefficient (Wildman–Crippen LogP) is 3.51. The Bertz CT molecular complexity index is 332. The van der Waals surface area contributed by atoms with Crippen LogP contribution in [0.3, 0.4) is 0 Å². The minimum atomic E-state index is 0.604. The fourth-order valence-electron chi connectivity index (χ4n) is 2.02. The van der Waals surface area contributed by atoms with E-state index < -0.39 is 0 Å². The van der Waals surface area contributed by atoms with Gasteiger partial charge in [0.15, 0.2) is 5.13 Å². The molecule has 1 N–H and O–H groups in total. The Hall–Kier alpha value is -0.610. The Morgan fingerprint density at radius 1 is 1.33 bits per heavy atom. The number of rotatable bonds is 8. The van der Waals surface area contributed by atoms with Crippen LogP contribution in [0, 0.1) is 5.92 Å². The van der Waals surface area contributed by atoms with Gasteiger partial charge in [-0.15, -0.1) is 11.3 Å². The molecule has 0 spiro atoms. The number of thiazole rings is 1. The average molecular weight is 269 g/mol. The second-order valence-corrected chi connectivity index (χ2v) is 6.31. The molecule has 104 valence electrons. The van der Waals surface area contributed by atoms with Gasteiger partial charge >= 0.3 is 0 Å². The highest BCUT2D eigenvalue weighted by molar-refractivity contribution is 7.15. The summed E-state index contributed by atoms with van der Waals surface area (Å²) in [6.07, 6.45) is 4.35. The van der Waals surface area contributed by atoms with E-state index in [1.54, 1.807) is 11.3 Å². The summed E-state index contributed by atoms with van der Waals surface area (Å²) in [7, 11) is 2.15. The number of anilines is 1. The Kier molecular flexibility index (Phi) is 6.65. The molecule has 0 radical (unpaired) electrons. The summed E-state index contributed by atoms with van der Waals surface area (Å²) in [6.45, 7) is 10.9. The van der Waals surface area contributed by atoms with Crippen molar-refractivity contribution in [3.63, 3.8) is 0 Å². The Morgan fingerprint density at radius 3 is 2.56 bits per heavy atom. The van der Waals surface area contributed by atoms with Gasteiger partial charge in [-0.1, -0.05) is 27.7 Å².